The van der Waals surface area contributed by atoms with Crippen molar-refractivity contribution in [1.82, 2.24) is 4.57 Å². The Morgan fingerprint density at radius 3 is 1.90 bits per heavy atom. The third kappa shape index (κ3) is 5.87. The minimum atomic E-state index is -0.157. The number of nitrogens with zero attached hydrogens (tertiary/aromatic N) is 3. The minimum absolute atomic E-state index is 0.0468. The van der Waals surface area contributed by atoms with E-state index in [0.29, 0.717) is 28.1 Å². The molecule has 68 heavy (non-hydrogen) atoms. The zero-order chi connectivity index (χ0) is 45.8. The predicted octanol–water partition coefficient (Wildman–Crippen LogP) is 16.4. The molecule has 0 amide bonds. The van der Waals surface area contributed by atoms with Crippen molar-refractivity contribution in [2.24, 2.45) is 9.98 Å². The lowest BCUT2D eigenvalue weighted by Crippen LogP contribution is -2.14. The van der Waals surface area contributed by atoms with Crippen molar-refractivity contribution in [3.63, 3.8) is 0 Å². The van der Waals surface area contributed by atoms with Gasteiger partial charge in [0.25, 0.3) is 0 Å². The van der Waals surface area contributed by atoms with Gasteiger partial charge in [-0.05, 0) is 104 Å². The standard InChI is InChI=1S/C62H42N4O2/c1-5-36-30-49-48-19-13-18-43(39-25-28-51-50(31-39)58-42-15-8-7-14-38(42)24-29-52(58)62(51,3)4)59(48)66(53(49)32-37(36)6-2)35-64-61(41-23-27-47-45-17-10-12-21-55(45)68-57(47)34-41)65-60(63)40-22-26-46-44-16-9-11-20-54(44)67-56(46)33-40/h5-35,63H,1-2H2,3-4H3. The number of nitrogens with one attached hydrogen (secondary N) is 1. The van der Waals surface area contributed by atoms with Crippen LogP contribution in [0, 0.1) is 5.41 Å². The largest absolute Gasteiger partial charge is 0.456 e. The first-order valence-electron chi connectivity index (χ1n) is 22.9. The molecule has 0 saturated carbocycles. The number of amidine groups is 2. The lowest BCUT2D eigenvalue weighted by atomic mass is 9.82. The van der Waals surface area contributed by atoms with Crippen LogP contribution in [0.25, 0.3) is 111 Å². The number of hydrogen-bond acceptors (Lipinski definition) is 3. The summed E-state index contributed by atoms with van der Waals surface area (Å²) in [5.41, 5.74) is 15.4. The van der Waals surface area contributed by atoms with Crippen molar-refractivity contribution in [2.45, 2.75) is 19.3 Å². The molecule has 0 radical (unpaired) electrons. The van der Waals surface area contributed by atoms with Gasteiger partial charge in [0.05, 0.1) is 11.0 Å². The van der Waals surface area contributed by atoms with Crippen molar-refractivity contribution >= 4 is 107 Å². The van der Waals surface area contributed by atoms with Crippen molar-refractivity contribution < 1.29 is 8.83 Å². The first-order valence-corrected chi connectivity index (χ1v) is 22.9. The number of aliphatic imine (C=N–C) groups is 2. The van der Waals surface area contributed by atoms with Gasteiger partial charge in [-0.2, -0.15) is 0 Å². The third-order valence-corrected chi connectivity index (χ3v) is 14.1. The summed E-state index contributed by atoms with van der Waals surface area (Å²) in [5.74, 6) is 0.398. The molecule has 0 aliphatic heterocycles. The van der Waals surface area contributed by atoms with E-state index in [-0.39, 0.29) is 11.3 Å². The summed E-state index contributed by atoms with van der Waals surface area (Å²) in [4.78, 5) is 10.3. The second-order valence-electron chi connectivity index (χ2n) is 18.2. The van der Waals surface area contributed by atoms with E-state index in [1.54, 1.807) is 0 Å². The van der Waals surface area contributed by atoms with Crippen LogP contribution in [0.3, 0.4) is 0 Å². The Morgan fingerprint density at radius 1 is 0.544 bits per heavy atom. The van der Waals surface area contributed by atoms with Crippen LogP contribution < -0.4 is 0 Å². The van der Waals surface area contributed by atoms with Crippen LogP contribution in [-0.4, -0.2) is 22.6 Å². The fourth-order valence-corrected chi connectivity index (χ4v) is 10.8. The molecule has 6 nitrogen and oxygen atoms in total. The summed E-state index contributed by atoms with van der Waals surface area (Å²) in [5, 5.41) is 18.1. The Labute approximate surface area is 391 Å². The lowest BCUT2D eigenvalue weighted by Gasteiger charge is -2.21. The van der Waals surface area contributed by atoms with E-state index >= 15 is 0 Å². The van der Waals surface area contributed by atoms with Crippen LogP contribution in [-0.2, 0) is 5.41 Å². The van der Waals surface area contributed by atoms with Crippen LogP contribution in [0.1, 0.15) is 47.2 Å². The fraction of sp³-hybridized carbons (Fsp3) is 0.0484. The molecular weight excluding hydrogens is 833 g/mol. The van der Waals surface area contributed by atoms with Gasteiger partial charge in [-0.25, -0.2) is 9.98 Å². The molecule has 0 spiro atoms. The molecule has 0 saturated heterocycles. The van der Waals surface area contributed by atoms with Gasteiger partial charge in [-0.1, -0.05) is 154 Å². The van der Waals surface area contributed by atoms with Gasteiger partial charge in [0.2, 0.25) is 0 Å². The van der Waals surface area contributed by atoms with Crippen LogP contribution in [0.15, 0.2) is 202 Å². The molecule has 0 fully saturated rings. The molecule has 6 heteroatoms. The van der Waals surface area contributed by atoms with Crippen LogP contribution in [0.5, 0.6) is 0 Å². The normalized spacial score (nSPS) is 13.5. The Morgan fingerprint density at radius 2 is 1.16 bits per heavy atom. The molecule has 0 unspecified atom stereocenters. The Bertz CT molecular complexity index is 4250. The molecule has 0 atom stereocenters. The summed E-state index contributed by atoms with van der Waals surface area (Å²) in [6.45, 7) is 13.0. The lowest BCUT2D eigenvalue weighted by molar-refractivity contribution is 0.661. The SMILES string of the molecule is C=Cc1cc2c3cccc(-c4ccc5c(c4)-c4c(ccc6ccccc46)C5(C)C)c3n(C=NC(=NC(=N)c3ccc4c(c3)oc3ccccc34)c3ccc4c(c3)oc3ccccc34)c2cc1C=C. The molecule has 1 N–H and O–H groups in total. The number of aromatic nitrogens is 1. The molecule has 0 bridgehead atoms. The van der Waals surface area contributed by atoms with Crippen LogP contribution in [0.2, 0.25) is 0 Å². The highest BCUT2D eigenvalue weighted by molar-refractivity contribution is 6.20. The summed E-state index contributed by atoms with van der Waals surface area (Å²) >= 11 is 0. The molecular formula is C62H42N4O2. The average Bonchev–Trinajstić information content (AvgIpc) is 4.10. The Balaban J connectivity index is 1.02. The fourth-order valence-electron chi connectivity index (χ4n) is 10.8. The maximum absolute atomic E-state index is 9.47. The molecule has 1 aliphatic carbocycles. The van der Waals surface area contributed by atoms with E-state index < -0.39 is 0 Å². The highest BCUT2D eigenvalue weighted by Gasteiger charge is 2.36. The highest BCUT2D eigenvalue weighted by Crippen LogP contribution is 2.52. The topological polar surface area (TPSA) is 79.8 Å². The van der Waals surface area contributed by atoms with Crippen molar-refractivity contribution in [3.05, 3.63) is 216 Å². The van der Waals surface area contributed by atoms with Crippen molar-refractivity contribution in [3.8, 4) is 22.3 Å². The van der Waals surface area contributed by atoms with Crippen molar-refractivity contribution in [2.75, 3.05) is 0 Å². The third-order valence-electron chi connectivity index (χ3n) is 14.1. The first kappa shape index (κ1) is 39.5. The van der Waals surface area contributed by atoms with Gasteiger partial charge in [0.15, 0.2) is 11.7 Å². The van der Waals surface area contributed by atoms with Gasteiger partial charge in [-0.15, -0.1) is 0 Å². The van der Waals surface area contributed by atoms with E-state index in [1.165, 1.54) is 33.0 Å². The van der Waals surface area contributed by atoms with Crippen LogP contribution in [0.4, 0.5) is 0 Å². The van der Waals surface area contributed by atoms with E-state index in [4.69, 9.17) is 18.8 Å². The second kappa shape index (κ2) is 14.8. The summed E-state index contributed by atoms with van der Waals surface area (Å²) in [6.07, 6.45) is 5.61. The van der Waals surface area contributed by atoms with Crippen LogP contribution >= 0.6 is 0 Å². The van der Waals surface area contributed by atoms with Gasteiger partial charge in [-0.3, -0.25) is 9.98 Å². The quantitative estimate of drug-likeness (QED) is 0.133. The monoisotopic (exact) mass is 874 g/mol. The summed E-state index contributed by atoms with van der Waals surface area (Å²) < 4.78 is 14.8. The number of rotatable bonds is 6. The maximum atomic E-state index is 9.47. The molecule has 9 aromatic carbocycles. The van der Waals surface area contributed by atoms with Gasteiger partial charge < -0.3 is 8.83 Å². The molecule has 1 aliphatic rings. The Hall–Kier alpha value is -8.87. The number of benzene rings is 9. The smallest absolute Gasteiger partial charge is 0.163 e. The van der Waals surface area contributed by atoms with E-state index in [9.17, 15) is 5.41 Å². The van der Waals surface area contributed by atoms with E-state index in [1.807, 2.05) is 97.4 Å². The summed E-state index contributed by atoms with van der Waals surface area (Å²) in [7, 11) is 0. The zero-order valence-corrected chi connectivity index (χ0v) is 37.5. The molecule has 13 rings (SSSR count). The van der Waals surface area contributed by atoms with Gasteiger partial charge in [0, 0.05) is 54.4 Å². The van der Waals surface area contributed by atoms with E-state index in [0.717, 1.165) is 76.8 Å². The highest BCUT2D eigenvalue weighted by atomic mass is 16.3. The molecule has 3 aromatic heterocycles. The number of hydrogen-bond donors (Lipinski definition) is 1. The average molecular weight is 875 g/mol. The predicted molar refractivity (Wildman–Crippen MR) is 285 cm³/mol. The number of fused-ring (bicyclic) bond motifs is 14. The Kier molecular flexibility index (Phi) is 8.61. The minimum Gasteiger partial charge on any atom is -0.456 e. The van der Waals surface area contributed by atoms with Gasteiger partial charge >= 0.3 is 0 Å². The molecule has 12 aromatic rings. The van der Waals surface area contributed by atoms with Crippen molar-refractivity contribution in [1.29, 1.82) is 5.41 Å². The zero-order valence-electron chi connectivity index (χ0n) is 37.5. The number of furan rings is 2. The maximum Gasteiger partial charge on any atom is 0.163 e. The molecule has 3 heterocycles. The van der Waals surface area contributed by atoms with Gasteiger partial charge in [0.1, 0.15) is 28.7 Å². The molecule has 322 valence electrons. The first-order chi connectivity index (χ1) is 33.3. The number of para-hydroxylation sites is 3. The second-order valence-corrected chi connectivity index (χ2v) is 18.2. The van der Waals surface area contributed by atoms with E-state index in [2.05, 4.69) is 123 Å². The summed E-state index contributed by atoms with van der Waals surface area (Å²) in [6, 6.07) is 58.9.